The van der Waals surface area contributed by atoms with Crippen molar-refractivity contribution in [3.05, 3.63) is 95.9 Å². The number of para-hydroxylation sites is 1. The number of aliphatic imine (C=N–C) groups is 1. The smallest absolute Gasteiger partial charge is 0.228 e. The van der Waals surface area contributed by atoms with E-state index in [1.165, 1.54) is 0 Å². The van der Waals surface area contributed by atoms with Crippen LogP contribution in [-0.4, -0.2) is 12.1 Å². The molecule has 2 atom stereocenters. The van der Waals surface area contributed by atoms with Crippen molar-refractivity contribution in [3.63, 3.8) is 0 Å². The Kier molecular flexibility index (Phi) is 6.96. The number of carbonyl (C=O) groups is 1. The second-order valence-corrected chi connectivity index (χ2v) is 6.76. The zero-order valence-electron chi connectivity index (χ0n) is 16.9. The summed E-state index contributed by atoms with van der Waals surface area (Å²) in [6.07, 6.45) is 8.86. The maximum absolute atomic E-state index is 12.9. The average Bonchev–Trinajstić information content (AvgIpc) is 3.21. The molecule has 0 aliphatic rings. The van der Waals surface area contributed by atoms with Crippen molar-refractivity contribution in [2.24, 2.45) is 4.99 Å². The van der Waals surface area contributed by atoms with Crippen LogP contribution in [0.4, 0.5) is 0 Å². The van der Waals surface area contributed by atoms with Crippen LogP contribution in [0, 0.1) is 11.3 Å². The highest BCUT2D eigenvalue weighted by molar-refractivity contribution is 5.84. The van der Waals surface area contributed by atoms with Crippen molar-refractivity contribution in [2.45, 2.75) is 25.8 Å². The van der Waals surface area contributed by atoms with Crippen LogP contribution in [0.15, 0.2) is 88.4 Å². The molecule has 2 aromatic carbocycles. The minimum absolute atomic E-state index is 0.134. The van der Waals surface area contributed by atoms with Crippen molar-refractivity contribution in [1.82, 2.24) is 5.32 Å². The SMILES string of the molecule is C\C=N/C=C\C=C\C(NC(=O)C(C)c1ccc(C#N)cc1)c1cc2ccccc2o1. The lowest BCUT2D eigenvalue weighted by Crippen LogP contribution is -2.31. The van der Waals surface area contributed by atoms with Gasteiger partial charge in [-0.1, -0.05) is 42.5 Å². The molecule has 0 aliphatic carbocycles. The minimum atomic E-state index is -0.430. The molecule has 3 aromatic rings. The first-order valence-electron chi connectivity index (χ1n) is 9.72. The summed E-state index contributed by atoms with van der Waals surface area (Å²) in [5.74, 6) is 0.142. The quantitative estimate of drug-likeness (QED) is 0.427. The zero-order valence-corrected chi connectivity index (χ0v) is 16.9. The maximum atomic E-state index is 12.9. The molecule has 1 N–H and O–H groups in total. The Labute approximate surface area is 176 Å². The fourth-order valence-electron chi connectivity index (χ4n) is 3.01. The molecule has 5 nitrogen and oxygen atoms in total. The van der Waals surface area contributed by atoms with Crippen molar-refractivity contribution >= 4 is 23.1 Å². The summed E-state index contributed by atoms with van der Waals surface area (Å²) in [5.41, 5.74) is 2.18. The maximum Gasteiger partial charge on any atom is 0.228 e. The molecule has 1 amide bonds. The van der Waals surface area contributed by atoms with Gasteiger partial charge in [0.25, 0.3) is 0 Å². The van der Waals surface area contributed by atoms with E-state index in [1.807, 2.05) is 56.3 Å². The number of nitriles is 1. The first-order chi connectivity index (χ1) is 14.6. The number of benzene rings is 2. The Hall–Kier alpha value is -3.91. The first kappa shape index (κ1) is 20.8. The summed E-state index contributed by atoms with van der Waals surface area (Å²) in [6.45, 7) is 3.68. The van der Waals surface area contributed by atoms with Crippen molar-refractivity contribution in [1.29, 1.82) is 5.26 Å². The van der Waals surface area contributed by atoms with E-state index in [-0.39, 0.29) is 11.8 Å². The molecule has 3 rings (SSSR count). The largest absolute Gasteiger partial charge is 0.459 e. The lowest BCUT2D eigenvalue weighted by atomic mass is 9.98. The van der Waals surface area contributed by atoms with Crippen LogP contribution in [0.2, 0.25) is 0 Å². The highest BCUT2D eigenvalue weighted by Crippen LogP contribution is 2.26. The lowest BCUT2D eigenvalue weighted by molar-refractivity contribution is -0.122. The molecular formula is C25H23N3O2. The minimum Gasteiger partial charge on any atom is -0.459 e. The van der Waals surface area contributed by atoms with E-state index in [0.29, 0.717) is 11.3 Å². The molecule has 0 radical (unpaired) electrons. The van der Waals surface area contributed by atoms with Crippen molar-refractivity contribution in [3.8, 4) is 6.07 Å². The van der Waals surface area contributed by atoms with E-state index in [1.54, 1.807) is 42.8 Å². The van der Waals surface area contributed by atoms with Crippen LogP contribution in [-0.2, 0) is 4.79 Å². The van der Waals surface area contributed by atoms with E-state index in [2.05, 4.69) is 16.4 Å². The van der Waals surface area contributed by atoms with Crippen LogP contribution < -0.4 is 5.32 Å². The molecule has 0 saturated carbocycles. The van der Waals surface area contributed by atoms with Gasteiger partial charge in [-0.3, -0.25) is 9.79 Å². The summed E-state index contributed by atoms with van der Waals surface area (Å²) < 4.78 is 5.97. The molecule has 5 heteroatoms. The molecular weight excluding hydrogens is 374 g/mol. The van der Waals surface area contributed by atoms with Gasteiger partial charge in [-0.2, -0.15) is 5.26 Å². The number of nitrogens with zero attached hydrogens (tertiary/aromatic N) is 2. The summed E-state index contributed by atoms with van der Waals surface area (Å²) in [7, 11) is 0. The third-order valence-electron chi connectivity index (χ3n) is 4.72. The predicted octanol–water partition coefficient (Wildman–Crippen LogP) is 5.43. The molecule has 0 bridgehead atoms. The number of fused-ring (bicyclic) bond motifs is 1. The second kappa shape index (κ2) is 10.0. The fraction of sp³-hybridized carbons (Fsp3) is 0.160. The van der Waals surface area contributed by atoms with Crippen LogP contribution in [0.5, 0.6) is 0 Å². The average molecular weight is 397 g/mol. The third kappa shape index (κ3) is 5.12. The standard InChI is InChI=1S/C25H23N3O2/c1-3-27-15-7-6-9-22(24-16-21-8-4-5-10-23(21)30-24)28-25(29)18(2)20-13-11-19(17-26)12-14-20/h3-16,18,22H,1-2H3,(H,28,29)/b9-6+,15-7-,27-3-. The Morgan fingerprint density at radius 2 is 1.93 bits per heavy atom. The number of amides is 1. The molecule has 0 saturated heterocycles. The van der Waals surface area contributed by atoms with Gasteiger partial charge >= 0.3 is 0 Å². The molecule has 0 fully saturated rings. The van der Waals surface area contributed by atoms with Gasteiger partial charge in [0.2, 0.25) is 5.91 Å². The molecule has 1 aromatic heterocycles. The first-order valence-corrected chi connectivity index (χ1v) is 9.72. The Morgan fingerprint density at radius 1 is 1.17 bits per heavy atom. The van der Waals surface area contributed by atoms with Crippen LogP contribution in [0.1, 0.15) is 42.7 Å². The highest BCUT2D eigenvalue weighted by atomic mass is 16.3. The van der Waals surface area contributed by atoms with Gasteiger partial charge in [0.1, 0.15) is 17.4 Å². The van der Waals surface area contributed by atoms with Crippen LogP contribution in [0.3, 0.4) is 0 Å². The number of hydrogen-bond donors (Lipinski definition) is 1. The summed E-state index contributed by atoms with van der Waals surface area (Å²) in [4.78, 5) is 17.0. The topological polar surface area (TPSA) is 78.4 Å². The molecule has 150 valence electrons. The number of hydrogen-bond acceptors (Lipinski definition) is 4. The number of furan rings is 1. The van der Waals surface area contributed by atoms with Crippen LogP contribution >= 0.6 is 0 Å². The van der Waals surface area contributed by atoms with Gasteiger partial charge in [0.05, 0.1) is 17.6 Å². The van der Waals surface area contributed by atoms with Gasteiger partial charge in [-0.05, 0) is 49.8 Å². The van der Waals surface area contributed by atoms with E-state index >= 15 is 0 Å². The second-order valence-electron chi connectivity index (χ2n) is 6.76. The number of allylic oxidation sites excluding steroid dienone is 2. The molecule has 2 unspecified atom stereocenters. The van der Waals surface area contributed by atoms with E-state index in [9.17, 15) is 4.79 Å². The molecule has 0 spiro atoms. The van der Waals surface area contributed by atoms with Gasteiger partial charge < -0.3 is 9.73 Å². The van der Waals surface area contributed by atoms with Gasteiger partial charge in [0, 0.05) is 17.8 Å². The Bertz CT molecular complexity index is 1100. The molecule has 0 aliphatic heterocycles. The normalized spacial score (nSPS) is 13.8. The Morgan fingerprint density at radius 3 is 2.63 bits per heavy atom. The number of rotatable bonds is 7. The molecule has 1 heterocycles. The third-order valence-corrected chi connectivity index (χ3v) is 4.72. The van der Waals surface area contributed by atoms with Crippen molar-refractivity contribution in [2.75, 3.05) is 0 Å². The van der Waals surface area contributed by atoms with Gasteiger partial charge in [-0.25, -0.2) is 0 Å². The zero-order chi connectivity index (χ0) is 21.3. The molecule has 30 heavy (non-hydrogen) atoms. The number of nitrogens with one attached hydrogen (secondary N) is 1. The summed E-state index contributed by atoms with van der Waals surface area (Å²) in [5, 5.41) is 13.0. The van der Waals surface area contributed by atoms with E-state index < -0.39 is 6.04 Å². The fourth-order valence-corrected chi connectivity index (χ4v) is 3.01. The van der Waals surface area contributed by atoms with Gasteiger partial charge in [0.15, 0.2) is 0 Å². The lowest BCUT2D eigenvalue weighted by Gasteiger charge is -2.17. The van der Waals surface area contributed by atoms with E-state index in [0.717, 1.165) is 16.5 Å². The summed E-state index contributed by atoms with van der Waals surface area (Å²) in [6, 6.07) is 18.4. The van der Waals surface area contributed by atoms with Crippen molar-refractivity contribution < 1.29 is 9.21 Å². The monoisotopic (exact) mass is 397 g/mol. The van der Waals surface area contributed by atoms with Gasteiger partial charge in [-0.15, -0.1) is 0 Å². The van der Waals surface area contributed by atoms with Crippen LogP contribution in [0.25, 0.3) is 11.0 Å². The predicted molar refractivity (Wildman–Crippen MR) is 119 cm³/mol. The summed E-state index contributed by atoms with van der Waals surface area (Å²) >= 11 is 0. The highest BCUT2D eigenvalue weighted by Gasteiger charge is 2.21. The Balaban J connectivity index is 1.83. The van der Waals surface area contributed by atoms with E-state index in [4.69, 9.17) is 9.68 Å². The number of carbonyl (C=O) groups excluding carboxylic acids is 1.